The van der Waals surface area contributed by atoms with Gasteiger partial charge in [-0.25, -0.2) is 0 Å². The fraction of sp³-hybridized carbons (Fsp3) is 0.571. The third kappa shape index (κ3) is 3.94. The summed E-state index contributed by atoms with van der Waals surface area (Å²) in [5, 5.41) is 9.84. The van der Waals surface area contributed by atoms with Crippen LogP contribution in [-0.2, 0) is 14.2 Å². The van der Waals surface area contributed by atoms with Crippen molar-refractivity contribution in [3.8, 4) is 0 Å². The number of aliphatic hydroxyl groups is 1. The first kappa shape index (κ1) is 14.8. The van der Waals surface area contributed by atoms with Crippen LogP contribution in [0.5, 0.6) is 0 Å². The van der Waals surface area contributed by atoms with E-state index in [9.17, 15) is 5.11 Å². The molecule has 0 bridgehead atoms. The molecule has 5 heteroatoms. The molecule has 1 heterocycles. The first-order valence-corrected chi connectivity index (χ1v) is 7.72. The van der Waals surface area contributed by atoms with E-state index in [1.54, 1.807) is 18.7 Å². The molecule has 1 saturated heterocycles. The van der Waals surface area contributed by atoms with Gasteiger partial charge in [-0.2, -0.15) is 0 Å². The molecular formula is C14H20O4S. The standard InChI is InChI=1S/C14H20O4S/c1-10(15)13-12(17-9-19-2)8-16-14(18-13)11-6-4-3-5-7-11/h3-7,10,12-15H,8-9H2,1-2H3/t10-,12?,13+,14?/m1/s1. The molecule has 2 unspecified atom stereocenters. The Morgan fingerprint density at radius 3 is 2.79 bits per heavy atom. The summed E-state index contributed by atoms with van der Waals surface area (Å²) in [7, 11) is 0. The summed E-state index contributed by atoms with van der Waals surface area (Å²) in [5.74, 6) is 0.566. The molecule has 0 aromatic heterocycles. The van der Waals surface area contributed by atoms with Crippen molar-refractivity contribution in [3.05, 3.63) is 35.9 Å². The molecule has 4 nitrogen and oxygen atoms in total. The molecule has 0 radical (unpaired) electrons. The second kappa shape index (κ2) is 7.26. The maximum absolute atomic E-state index is 9.84. The number of thioether (sulfide) groups is 1. The minimum absolute atomic E-state index is 0.229. The third-order valence-corrected chi connectivity index (χ3v) is 3.38. The lowest BCUT2D eigenvalue weighted by atomic mass is 10.1. The fourth-order valence-electron chi connectivity index (χ4n) is 2.05. The smallest absolute Gasteiger partial charge is 0.184 e. The molecule has 4 atom stereocenters. The molecule has 1 N–H and O–H groups in total. The highest BCUT2D eigenvalue weighted by molar-refractivity contribution is 7.98. The van der Waals surface area contributed by atoms with Gasteiger partial charge in [0, 0.05) is 5.56 Å². The summed E-state index contributed by atoms with van der Waals surface area (Å²) in [6, 6.07) is 9.73. The van der Waals surface area contributed by atoms with Crippen LogP contribution in [0.2, 0.25) is 0 Å². The number of hydrogen-bond donors (Lipinski definition) is 1. The molecule has 0 aliphatic carbocycles. The van der Waals surface area contributed by atoms with Crippen LogP contribution in [-0.4, -0.2) is 42.2 Å². The van der Waals surface area contributed by atoms with Crippen LogP contribution in [0.25, 0.3) is 0 Å². The van der Waals surface area contributed by atoms with E-state index < -0.39 is 12.4 Å². The van der Waals surface area contributed by atoms with Gasteiger partial charge in [0.05, 0.1) is 18.6 Å². The van der Waals surface area contributed by atoms with Crippen molar-refractivity contribution in [2.75, 3.05) is 18.8 Å². The predicted molar refractivity (Wildman–Crippen MR) is 74.9 cm³/mol. The zero-order valence-corrected chi connectivity index (χ0v) is 12.0. The van der Waals surface area contributed by atoms with E-state index in [-0.39, 0.29) is 12.2 Å². The molecule has 1 aromatic rings. The summed E-state index contributed by atoms with van der Waals surface area (Å²) in [4.78, 5) is 0. The molecule has 0 saturated carbocycles. The topological polar surface area (TPSA) is 47.9 Å². The third-order valence-electron chi connectivity index (χ3n) is 3.01. The van der Waals surface area contributed by atoms with Crippen LogP contribution in [0, 0.1) is 0 Å². The van der Waals surface area contributed by atoms with Crippen LogP contribution in [0.4, 0.5) is 0 Å². The first-order valence-electron chi connectivity index (χ1n) is 6.33. The van der Waals surface area contributed by atoms with Crippen molar-refractivity contribution in [1.29, 1.82) is 0 Å². The lowest BCUT2D eigenvalue weighted by molar-refractivity contribution is -0.279. The SMILES string of the molecule is CSCOC1COC(c2ccccc2)O[C@H]1[C@@H](C)O. The number of hydrogen-bond acceptors (Lipinski definition) is 5. The summed E-state index contributed by atoms with van der Waals surface area (Å²) in [5.41, 5.74) is 0.955. The molecule has 0 amide bonds. The second-order valence-corrected chi connectivity index (χ2v) is 5.34. The summed E-state index contributed by atoms with van der Waals surface area (Å²) < 4.78 is 17.2. The monoisotopic (exact) mass is 284 g/mol. The average Bonchev–Trinajstić information content (AvgIpc) is 2.45. The van der Waals surface area contributed by atoms with E-state index in [0.29, 0.717) is 12.5 Å². The normalized spacial score (nSPS) is 29.1. The van der Waals surface area contributed by atoms with Gasteiger partial charge >= 0.3 is 0 Å². The van der Waals surface area contributed by atoms with E-state index in [1.165, 1.54) is 0 Å². The zero-order chi connectivity index (χ0) is 13.7. The van der Waals surface area contributed by atoms with Crippen molar-refractivity contribution in [2.24, 2.45) is 0 Å². The highest BCUT2D eigenvalue weighted by Crippen LogP contribution is 2.29. The molecule has 106 valence electrons. The Hall–Kier alpha value is -0.590. The highest BCUT2D eigenvalue weighted by atomic mass is 32.2. The van der Waals surface area contributed by atoms with Gasteiger partial charge in [-0.3, -0.25) is 0 Å². The number of aliphatic hydroxyl groups excluding tert-OH is 1. The molecule has 0 spiro atoms. The van der Waals surface area contributed by atoms with E-state index in [4.69, 9.17) is 14.2 Å². The summed E-state index contributed by atoms with van der Waals surface area (Å²) in [6.07, 6.45) is 0.338. The van der Waals surface area contributed by atoms with Crippen LogP contribution >= 0.6 is 11.8 Å². The highest BCUT2D eigenvalue weighted by Gasteiger charge is 2.36. The summed E-state index contributed by atoms with van der Waals surface area (Å²) in [6.45, 7) is 2.14. The van der Waals surface area contributed by atoms with Gasteiger partial charge in [-0.05, 0) is 13.2 Å². The number of benzene rings is 1. The van der Waals surface area contributed by atoms with Crippen molar-refractivity contribution < 1.29 is 19.3 Å². The van der Waals surface area contributed by atoms with Crippen LogP contribution in [0.15, 0.2) is 30.3 Å². The number of ether oxygens (including phenoxy) is 3. The first-order chi connectivity index (χ1) is 9.22. The Balaban J connectivity index is 2.02. The molecule has 1 aromatic carbocycles. The Bertz CT molecular complexity index is 371. The predicted octanol–water partition coefficient (Wildman–Crippen LogP) is 2.19. The minimum Gasteiger partial charge on any atom is -0.391 e. The molecule has 1 aliphatic rings. The van der Waals surface area contributed by atoms with Gasteiger partial charge in [-0.1, -0.05) is 30.3 Å². The van der Waals surface area contributed by atoms with Crippen LogP contribution < -0.4 is 0 Å². The van der Waals surface area contributed by atoms with Gasteiger partial charge in [0.2, 0.25) is 0 Å². The van der Waals surface area contributed by atoms with Gasteiger partial charge in [0.1, 0.15) is 12.2 Å². The lowest BCUT2D eigenvalue weighted by Gasteiger charge is -2.37. The molecule has 1 aliphatic heterocycles. The maximum Gasteiger partial charge on any atom is 0.184 e. The zero-order valence-electron chi connectivity index (χ0n) is 11.2. The summed E-state index contributed by atoms with van der Waals surface area (Å²) >= 11 is 1.59. The van der Waals surface area contributed by atoms with Gasteiger partial charge < -0.3 is 19.3 Å². The van der Waals surface area contributed by atoms with Crippen LogP contribution in [0.1, 0.15) is 18.8 Å². The van der Waals surface area contributed by atoms with E-state index in [1.807, 2.05) is 36.6 Å². The molecule has 1 fully saturated rings. The quantitative estimate of drug-likeness (QED) is 0.840. The molecule has 2 rings (SSSR count). The maximum atomic E-state index is 9.84. The Morgan fingerprint density at radius 2 is 2.16 bits per heavy atom. The Morgan fingerprint density at radius 1 is 1.42 bits per heavy atom. The van der Waals surface area contributed by atoms with Gasteiger partial charge in [-0.15, -0.1) is 11.8 Å². The van der Waals surface area contributed by atoms with Gasteiger partial charge in [0.15, 0.2) is 6.29 Å². The van der Waals surface area contributed by atoms with Crippen LogP contribution in [0.3, 0.4) is 0 Å². The van der Waals surface area contributed by atoms with Crippen molar-refractivity contribution >= 4 is 11.8 Å². The van der Waals surface area contributed by atoms with E-state index in [0.717, 1.165) is 5.56 Å². The molecule has 19 heavy (non-hydrogen) atoms. The number of rotatable bonds is 5. The average molecular weight is 284 g/mol. The molecular weight excluding hydrogens is 264 g/mol. The van der Waals surface area contributed by atoms with Crippen molar-refractivity contribution in [3.63, 3.8) is 0 Å². The van der Waals surface area contributed by atoms with Gasteiger partial charge in [0.25, 0.3) is 0 Å². The van der Waals surface area contributed by atoms with E-state index in [2.05, 4.69) is 0 Å². The largest absolute Gasteiger partial charge is 0.391 e. The Labute approximate surface area is 118 Å². The minimum atomic E-state index is -0.595. The Kier molecular flexibility index (Phi) is 5.66. The lowest BCUT2D eigenvalue weighted by Crippen LogP contribution is -2.47. The van der Waals surface area contributed by atoms with Crippen molar-refractivity contribution in [2.45, 2.75) is 31.5 Å². The van der Waals surface area contributed by atoms with Crippen molar-refractivity contribution in [1.82, 2.24) is 0 Å². The van der Waals surface area contributed by atoms with E-state index >= 15 is 0 Å². The fourth-order valence-corrected chi connectivity index (χ4v) is 2.37. The second-order valence-electron chi connectivity index (χ2n) is 4.53.